The first kappa shape index (κ1) is 13.5. The third-order valence-electron chi connectivity index (χ3n) is 3.62. The van der Waals surface area contributed by atoms with Gasteiger partial charge in [-0.25, -0.2) is 0 Å². The SMILES string of the molecule is CNCCc1noc(CC2CCN(C(C)C)C2)n1. The Morgan fingerprint density at radius 3 is 3.00 bits per heavy atom. The first-order valence-electron chi connectivity index (χ1n) is 6.89. The van der Waals surface area contributed by atoms with E-state index in [1.165, 1.54) is 13.0 Å². The minimum atomic E-state index is 0.642. The first-order chi connectivity index (χ1) is 8.69. The molecular formula is C13H24N4O. The maximum absolute atomic E-state index is 5.31. The minimum absolute atomic E-state index is 0.642. The summed E-state index contributed by atoms with van der Waals surface area (Å²) in [5.74, 6) is 2.29. The topological polar surface area (TPSA) is 54.2 Å². The molecule has 0 bridgehead atoms. The third-order valence-corrected chi connectivity index (χ3v) is 3.62. The van der Waals surface area contributed by atoms with Crippen LogP contribution in [0.2, 0.25) is 0 Å². The molecule has 2 rings (SSSR count). The van der Waals surface area contributed by atoms with Gasteiger partial charge >= 0.3 is 0 Å². The van der Waals surface area contributed by atoms with Gasteiger partial charge in [-0.05, 0) is 39.8 Å². The summed E-state index contributed by atoms with van der Waals surface area (Å²) in [6.45, 7) is 7.76. The maximum atomic E-state index is 5.31. The lowest BCUT2D eigenvalue weighted by Gasteiger charge is -2.19. The van der Waals surface area contributed by atoms with Crippen LogP contribution in [-0.4, -0.2) is 47.8 Å². The molecule has 0 saturated carbocycles. The van der Waals surface area contributed by atoms with E-state index in [0.29, 0.717) is 12.0 Å². The highest BCUT2D eigenvalue weighted by molar-refractivity contribution is 4.91. The Bertz CT molecular complexity index is 364. The second-order valence-electron chi connectivity index (χ2n) is 5.41. The van der Waals surface area contributed by atoms with Crippen molar-refractivity contribution in [3.05, 3.63) is 11.7 Å². The van der Waals surface area contributed by atoms with Crippen LogP contribution in [-0.2, 0) is 12.8 Å². The summed E-state index contributed by atoms with van der Waals surface area (Å²) in [6.07, 6.45) is 3.00. The molecule has 1 unspecified atom stereocenters. The number of nitrogens with zero attached hydrogens (tertiary/aromatic N) is 3. The van der Waals surface area contributed by atoms with Crippen molar-refractivity contribution in [1.82, 2.24) is 20.4 Å². The van der Waals surface area contributed by atoms with Gasteiger partial charge in [0.1, 0.15) is 0 Å². The van der Waals surface area contributed by atoms with Crippen LogP contribution in [0, 0.1) is 5.92 Å². The van der Waals surface area contributed by atoms with Crippen LogP contribution < -0.4 is 5.32 Å². The van der Waals surface area contributed by atoms with Crippen LogP contribution in [0.5, 0.6) is 0 Å². The number of hydrogen-bond acceptors (Lipinski definition) is 5. The number of rotatable bonds is 6. The lowest BCUT2D eigenvalue weighted by molar-refractivity contribution is 0.260. The van der Waals surface area contributed by atoms with E-state index in [0.717, 1.165) is 37.6 Å². The molecule has 1 aromatic heterocycles. The van der Waals surface area contributed by atoms with Crippen molar-refractivity contribution >= 4 is 0 Å². The zero-order valence-electron chi connectivity index (χ0n) is 11.6. The molecule has 0 aliphatic carbocycles. The molecule has 18 heavy (non-hydrogen) atoms. The molecule has 1 aliphatic rings. The van der Waals surface area contributed by atoms with Crippen molar-refractivity contribution in [3.8, 4) is 0 Å². The molecule has 5 nitrogen and oxygen atoms in total. The van der Waals surface area contributed by atoms with E-state index in [1.807, 2.05) is 7.05 Å². The van der Waals surface area contributed by atoms with Gasteiger partial charge in [-0.1, -0.05) is 5.16 Å². The highest BCUT2D eigenvalue weighted by Gasteiger charge is 2.25. The average molecular weight is 252 g/mol. The van der Waals surface area contributed by atoms with Crippen LogP contribution in [0.4, 0.5) is 0 Å². The van der Waals surface area contributed by atoms with Crippen LogP contribution in [0.3, 0.4) is 0 Å². The summed E-state index contributed by atoms with van der Waals surface area (Å²) in [5, 5.41) is 7.10. The van der Waals surface area contributed by atoms with Crippen molar-refractivity contribution < 1.29 is 4.52 Å². The van der Waals surface area contributed by atoms with Crippen molar-refractivity contribution in [3.63, 3.8) is 0 Å². The third kappa shape index (κ3) is 3.53. The van der Waals surface area contributed by atoms with Crippen LogP contribution in [0.25, 0.3) is 0 Å². The summed E-state index contributed by atoms with van der Waals surface area (Å²) in [5.41, 5.74) is 0. The molecule has 5 heteroatoms. The number of likely N-dealkylation sites (N-methyl/N-ethyl adjacent to an activating group) is 1. The van der Waals surface area contributed by atoms with E-state index in [-0.39, 0.29) is 0 Å². The quantitative estimate of drug-likeness (QED) is 0.822. The van der Waals surface area contributed by atoms with E-state index >= 15 is 0 Å². The van der Waals surface area contributed by atoms with Gasteiger partial charge in [0.25, 0.3) is 0 Å². The minimum Gasteiger partial charge on any atom is -0.339 e. The fourth-order valence-electron chi connectivity index (χ4n) is 2.46. The van der Waals surface area contributed by atoms with Crippen molar-refractivity contribution in [2.24, 2.45) is 5.92 Å². The fourth-order valence-corrected chi connectivity index (χ4v) is 2.46. The van der Waals surface area contributed by atoms with E-state index in [4.69, 9.17) is 4.52 Å². The Kier molecular flexibility index (Phi) is 4.72. The molecule has 0 radical (unpaired) electrons. The van der Waals surface area contributed by atoms with Gasteiger partial charge in [0, 0.05) is 32.0 Å². The number of aromatic nitrogens is 2. The van der Waals surface area contributed by atoms with Gasteiger partial charge in [-0.2, -0.15) is 4.98 Å². The second kappa shape index (κ2) is 6.29. The lowest BCUT2D eigenvalue weighted by atomic mass is 10.1. The number of hydrogen-bond donors (Lipinski definition) is 1. The van der Waals surface area contributed by atoms with Crippen LogP contribution >= 0.6 is 0 Å². The summed E-state index contributed by atoms with van der Waals surface area (Å²) in [6, 6.07) is 0.642. The first-order valence-corrected chi connectivity index (χ1v) is 6.89. The zero-order valence-corrected chi connectivity index (χ0v) is 11.6. The number of nitrogens with one attached hydrogen (secondary N) is 1. The molecule has 0 spiro atoms. The summed E-state index contributed by atoms with van der Waals surface area (Å²) < 4.78 is 5.31. The summed E-state index contributed by atoms with van der Waals surface area (Å²) in [4.78, 5) is 6.96. The molecule has 102 valence electrons. The van der Waals surface area contributed by atoms with Crippen molar-refractivity contribution in [1.29, 1.82) is 0 Å². The molecule has 0 amide bonds. The van der Waals surface area contributed by atoms with Crippen molar-refractivity contribution in [2.75, 3.05) is 26.7 Å². The Balaban J connectivity index is 1.81. The largest absolute Gasteiger partial charge is 0.339 e. The van der Waals surface area contributed by atoms with Gasteiger partial charge in [-0.3, -0.25) is 0 Å². The molecule has 0 aromatic carbocycles. The Morgan fingerprint density at radius 2 is 2.33 bits per heavy atom. The molecule has 1 aromatic rings. The standard InChI is InChI=1S/C13H24N4O/c1-10(2)17-7-5-11(9-17)8-13-15-12(16-18-13)4-6-14-3/h10-11,14H,4-9H2,1-3H3. The monoisotopic (exact) mass is 252 g/mol. The fraction of sp³-hybridized carbons (Fsp3) is 0.846. The molecule has 1 fully saturated rings. The van der Waals surface area contributed by atoms with Gasteiger partial charge < -0.3 is 14.7 Å². The smallest absolute Gasteiger partial charge is 0.226 e. The average Bonchev–Trinajstić information content (AvgIpc) is 2.96. The Morgan fingerprint density at radius 1 is 1.50 bits per heavy atom. The van der Waals surface area contributed by atoms with Gasteiger partial charge in [0.15, 0.2) is 5.82 Å². The van der Waals surface area contributed by atoms with Crippen molar-refractivity contribution in [2.45, 2.75) is 39.2 Å². The van der Waals surface area contributed by atoms with Crippen LogP contribution in [0.1, 0.15) is 32.0 Å². The predicted molar refractivity (Wildman–Crippen MR) is 70.4 cm³/mol. The van der Waals surface area contributed by atoms with E-state index in [9.17, 15) is 0 Å². The number of likely N-dealkylation sites (tertiary alicyclic amines) is 1. The molecular weight excluding hydrogens is 228 g/mol. The predicted octanol–water partition coefficient (Wildman–Crippen LogP) is 1.10. The molecule has 1 N–H and O–H groups in total. The van der Waals surface area contributed by atoms with Gasteiger partial charge in [0.2, 0.25) is 5.89 Å². The lowest BCUT2D eigenvalue weighted by Crippen LogP contribution is -2.28. The van der Waals surface area contributed by atoms with E-state index in [2.05, 4.69) is 34.2 Å². The maximum Gasteiger partial charge on any atom is 0.226 e. The van der Waals surface area contributed by atoms with E-state index in [1.54, 1.807) is 0 Å². The normalized spacial score (nSPS) is 21.0. The Hall–Kier alpha value is -0.940. The molecule has 1 aliphatic heterocycles. The molecule has 1 saturated heterocycles. The highest BCUT2D eigenvalue weighted by Crippen LogP contribution is 2.21. The van der Waals surface area contributed by atoms with Gasteiger partial charge in [-0.15, -0.1) is 0 Å². The van der Waals surface area contributed by atoms with Gasteiger partial charge in [0.05, 0.1) is 0 Å². The van der Waals surface area contributed by atoms with E-state index < -0.39 is 0 Å². The molecule has 1 atom stereocenters. The summed E-state index contributed by atoms with van der Waals surface area (Å²) >= 11 is 0. The summed E-state index contributed by atoms with van der Waals surface area (Å²) in [7, 11) is 1.93. The zero-order chi connectivity index (χ0) is 13.0. The molecule has 2 heterocycles. The highest BCUT2D eigenvalue weighted by atomic mass is 16.5. The Labute approximate surface area is 109 Å². The van der Waals surface area contributed by atoms with Crippen LogP contribution in [0.15, 0.2) is 4.52 Å². The second-order valence-corrected chi connectivity index (χ2v) is 5.41.